The zero-order valence-corrected chi connectivity index (χ0v) is 7.90. The van der Waals surface area contributed by atoms with E-state index in [4.69, 9.17) is 0 Å². The molecular formula is C11H9N3O. The topological polar surface area (TPSA) is 53.6 Å². The molecule has 1 aromatic carbocycles. The smallest absolute Gasteiger partial charge is 0.330 e. The molecule has 0 bridgehead atoms. The highest BCUT2D eigenvalue weighted by Crippen LogP contribution is 2.19. The third-order valence-corrected chi connectivity index (χ3v) is 2.48. The minimum Gasteiger partial charge on any atom is -0.359 e. The van der Waals surface area contributed by atoms with Crippen molar-refractivity contribution < 1.29 is 0 Å². The van der Waals surface area contributed by atoms with Gasteiger partial charge < -0.3 is 9.97 Å². The number of hydrogen-bond acceptors (Lipinski definition) is 1. The summed E-state index contributed by atoms with van der Waals surface area (Å²) in [5, 5.41) is 1.04. The molecule has 0 saturated heterocycles. The van der Waals surface area contributed by atoms with Gasteiger partial charge in [0.15, 0.2) is 0 Å². The van der Waals surface area contributed by atoms with E-state index in [1.54, 1.807) is 17.0 Å². The highest BCUT2D eigenvalue weighted by atomic mass is 16.1. The Morgan fingerprint density at radius 1 is 1.13 bits per heavy atom. The maximum absolute atomic E-state index is 11.5. The van der Waals surface area contributed by atoms with E-state index in [-0.39, 0.29) is 5.69 Å². The number of para-hydroxylation sites is 1. The number of hydrogen-bond donors (Lipinski definition) is 2. The minimum absolute atomic E-state index is 0.125. The molecule has 0 radical (unpaired) electrons. The maximum atomic E-state index is 11.5. The summed E-state index contributed by atoms with van der Waals surface area (Å²) < 4.78 is 1.58. The SMILES string of the molecule is O=c1[nH]ccn1-c1c[nH]c2ccccc12. The number of fused-ring (bicyclic) bond motifs is 1. The second kappa shape index (κ2) is 2.88. The highest BCUT2D eigenvalue weighted by molar-refractivity contribution is 5.88. The van der Waals surface area contributed by atoms with E-state index < -0.39 is 0 Å². The molecule has 0 aliphatic carbocycles. The summed E-state index contributed by atoms with van der Waals surface area (Å²) in [7, 11) is 0. The van der Waals surface area contributed by atoms with Gasteiger partial charge in [-0.05, 0) is 6.07 Å². The molecule has 4 heteroatoms. The average Bonchev–Trinajstić information content (AvgIpc) is 2.83. The van der Waals surface area contributed by atoms with E-state index in [0.717, 1.165) is 16.6 Å². The Morgan fingerprint density at radius 2 is 2.00 bits per heavy atom. The van der Waals surface area contributed by atoms with Gasteiger partial charge >= 0.3 is 5.69 Å². The third kappa shape index (κ3) is 1.11. The number of H-pyrrole nitrogens is 2. The van der Waals surface area contributed by atoms with Gasteiger partial charge in [0, 0.05) is 29.5 Å². The van der Waals surface area contributed by atoms with E-state index in [0.29, 0.717) is 0 Å². The third-order valence-electron chi connectivity index (χ3n) is 2.48. The monoisotopic (exact) mass is 199 g/mol. The number of nitrogens with zero attached hydrogens (tertiary/aromatic N) is 1. The van der Waals surface area contributed by atoms with Gasteiger partial charge in [-0.25, -0.2) is 4.79 Å². The Hall–Kier alpha value is -2.23. The molecule has 0 amide bonds. The van der Waals surface area contributed by atoms with Crippen LogP contribution in [0.25, 0.3) is 16.6 Å². The molecule has 0 aliphatic heterocycles. The van der Waals surface area contributed by atoms with E-state index in [1.165, 1.54) is 0 Å². The van der Waals surface area contributed by atoms with Crippen LogP contribution in [0, 0.1) is 0 Å². The van der Waals surface area contributed by atoms with Crippen molar-refractivity contribution in [3.05, 3.63) is 53.3 Å². The molecule has 0 spiro atoms. The van der Waals surface area contributed by atoms with Crippen LogP contribution in [0.2, 0.25) is 0 Å². The molecule has 0 fully saturated rings. The van der Waals surface area contributed by atoms with Crippen molar-refractivity contribution >= 4 is 10.9 Å². The van der Waals surface area contributed by atoms with Crippen molar-refractivity contribution in [3.63, 3.8) is 0 Å². The van der Waals surface area contributed by atoms with Gasteiger partial charge in [-0.2, -0.15) is 0 Å². The lowest BCUT2D eigenvalue weighted by molar-refractivity contribution is 0.995. The number of nitrogens with one attached hydrogen (secondary N) is 2. The van der Waals surface area contributed by atoms with Gasteiger partial charge in [-0.3, -0.25) is 4.57 Å². The molecule has 2 heterocycles. The van der Waals surface area contributed by atoms with E-state index >= 15 is 0 Å². The molecular weight excluding hydrogens is 190 g/mol. The molecule has 0 atom stereocenters. The zero-order chi connectivity index (χ0) is 10.3. The van der Waals surface area contributed by atoms with E-state index in [9.17, 15) is 4.79 Å². The van der Waals surface area contributed by atoms with Crippen LogP contribution in [-0.2, 0) is 0 Å². The first-order chi connectivity index (χ1) is 7.36. The van der Waals surface area contributed by atoms with Crippen LogP contribution in [-0.4, -0.2) is 14.5 Å². The normalized spacial score (nSPS) is 10.9. The van der Waals surface area contributed by atoms with Crippen LogP contribution in [0.4, 0.5) is 0 Å². The molecule has 3 rings (SSSR count). The van der Waals surface area contributed by atoms with Gasteiger partial charge in [-0.1, -0.05) is 18.2 Å². The van der Waals surface area contributed by atoms with E-state index in [1.807, 2.05) is 30.5 Å². The number of aromatic nitrogens is 3. The molecule has 0 aliphatic rings. The lowest BCUT2D eigenvalue weighted by Crippen LogP contribution is -2.13. The van der Waals surface area contributed by atoms with Crippen LogP contribution >= 0.6 is 0 Å². The lowest BCUT2D eigenvalue weighted by Gasteiger charge is -1.96. The summed E-state index contributed by atoms with van der Waals surface area (Å²) in [6, 6.07) is 7.89. The summed E-state index contributed by atoms with van der Waals surface area (Å²) in [6.07, 6.45) is 5.18. The Morgan fingerprint density at radius 3 is 2.80 bits per heavy atom. The molecule has 0 unspecified atom stereocenters. The largest absolute Gasteiger partial charge is 0.359 e. The number of imidazole rings is 1. The minimum atomic E-state index is -0.125. The fraction of sp³-hybridized carbons (Fsp3) is 0. The van der Waals surface area contributed by atoms with Crippen LogP contribution in [0.5, 0.6) is 0 Å². The fourth-order valence-electron chi connectivity index (χ4n) is 1.77. The highest BCUT2D eigenvalue weighted by Gasteiger charge is 2.05. The number of benzene rings is 1. The molecule has 15 heavy (non-hydrogen) atoms. The van der Waals surface area contributed by atoms with Crippen LogP contribution < -0.4 is 5.69 Å². The van der Waals surface area contributed by atoms with Gasteiger partial charge in [0.25, 0.3) is 0 Å². The van der Waals surface area contributed by atoms with Gasteiger partial charge in [0.1, 0.15) is 0 Å². The number of aromatic amines is 2. The van der Waals surface area contributed by atoms with Gasteiger partial charge in [0.2, 0.25) is 0 Å². The summed E-state index contributed by atoms with van der Waals surface area (Å²) in [5.74, 6) is 0. The van der Waals surface area contributed by atoms with Crippen LogP contribution in [0.3, 0.4) is 0 Å². The molecule has 74 valence electrons. The predicted molar refractivity (Wildman–Crippen MR) is 58.2 cm³/mol. The Bertz CT molecular complexity index is 659. The van der Waals surface area contributed by atoms with Gasteiger partial charge in [0.05, 0.1) is 5.69 Å². The molecule has 0 saturated carbocycles. The summed E-state index contributed by atoms with van der Waals surface area (Å²) in [5.41, 5.74) is 1.78. The summed E-state index contributed by atoms with van der Waals surface area (Å²) >= 11 is 0. The second-order valence-corrected chi connectivity index (χ2v) is 3.35. The zero-order valence-electron chi connectivity index (χ0n) is 7.90. The molecule has 2 N–H and O–H groups in total. The van der Waals surface area contributed by atoms with Crippen LogP contribution in [0.1, 0.15) is 0 Å². The summed E-state index contributed by atoms with van der Waals surface area (Å²) in [6.45, 7) is 0. The number of rotatable bonds is 1. The van der Waals surface area contributed by atoms with Crippen molar-refractivity contribution in [1.29, 1.82) is 0 Å². The lowest BCUT2D eigenvalue weighted by atomic mass is 10.2. The van der Waals surface area contributed by atoms with Crippen molar-refractivity contribution in [2.75, 3.05) is 0 Å². The standard InChI is InChI=1S/C11H9N3O/c15-11-12-5-6-14(11)10-7-13-9-4-2-1-3-8(9)10/h1-7,13H,(H,12,15). The first kappa shape index (κ1) is 8.11. The Balaban J connectivity index is 2.37. The molecule has 3 aromatic rings. The van der Waals surface area contributed by atoms with Gasteiger partial charge in [-0.15, -0.1) is 0 Å². The first-order valence-corrected chi connectivity index (χ1v) is 4.69. The average molecular weight is 199 g/mol. The quantitative estimate of drug-likeness (QED) is 0.615. The van der Waals surface area contributed by atoms with Crippen LogP contribution in [0.15, 0.2) is 47.7 Å². The fourth-order valence-corrected chi connectivity index (χ4v) is 1.77. The van der Waals surface area contributed by atoms with Crippen molar-refractivity contribution in [2.24, 2.45) is 0 Å². The Labute approximate surface area is 85.2 Å². The molecule has 2 aromatic heterocycles. The summed E-state index contributed by atoms with van der Waals surface area (Å²) in [4.78, 5) is 17.2. The van der Waals surface area contributed by atoms with Crippen molar-refractivity contribution in [2.45, 2.75) is 0 Å². The second-order valence-electron chi connectivity index (χ2n) is 3.35. The first-order valence-electron chi connectivity index (χ1n) is 4.69. The molecule has 4 nitrogen and oxygen atoms in total. The maximum Gasteiger partial charge on any atom is 0.330 e. The van der Waals surface area contributed by atoms with Crippen molar-refractivity contribution in [1.82, 2.24) is 14.5 Å². The van der Waals surface area contributed by atoms with Crippen molar-refractivity contribution in [3.8, 4) is 5.69 Å². The Kier molecular flexibility index (Phi) is 1.56. The predicted octanol–water partition coefficient (Wildman–Crippen LogP) is 1.65. The van der Waals surface area contributed by atoms with E-state index in [2.05, 4.69) is 9.97 Å².